The van der Waals surface area contributed by atoms with E-state index in [1.807, 2.05) is 13.8 Å². The molecule has 0 saturated carbocycles. The first-order valence-electron chi connectivity index (χ1n) is 7.74. The van der Waals surface area contributed by atoms with Crippen LogP contribution in [0.15, 0.2) is 0 Å². The van der Waals surface area contributed by atoms with Crippen LogP contribution in [0, 0.1) is 5.92 Å². The van der Waals surface area contributed by atoms with E-state index in [4.69, 9.17) is 4.74 Å². The second-order valence-corrected chi connectivity index (χ2v) is 6.01. The zero-order valence-electron chi connectivity index (χ0n) is 13.4. The third-order valence-electron chi connectivity index (χ3n) is 3.70. The van der Waals surface area contributed by atoms with Crippen LogP contribution in [-0.4, -0.2) is 66.3 Å². The van der Waals surface area contributed by atoms with Crippen molar-refractivity contribution in [3.8, 4) is 0 Å². The molecular weight excluding hydrogens is 272 g/mol. The Kier molecular flexibility index (Phi) is 7.50. The molecule has 122 valence electrons. The van der Waals surface area contributed by atoms with E-state index < -0.39 is 12.0 Å². The average Bonchev–Trinajstić information content (AvgIpc) is 2.67. The van der Waals surface area contributed by atoms with Gasteiger partial charge in [0.2, 0.25) is 0 Å². The van der Waals surface area contributed by atoms with Crippen molar-refractivity contribution in [3.63, 3.8) is 0 Å². The minimum Gasteiger partial charge on any atom is -0.480 e. The Morgan fingerprint density at radius 2 is 2.05 bits per heavy atom. The van der Waals surface area contributed by atoms with Gasteiger partial charge < -0.3 is 19.6 Å². The van der Waals surface area contributed by atoms with Crippen LogP contribution in [0.25, 0.3) is 0 Å². The molecule has 1 rings (SSSR count). The fourth-order valence-electron chi connectivity index (χ4n) is 2.68. The van der Waals surface area contributed by atoms with E-state index in [1.54, 1.807) is 12.0 Å². The molecule has 2 amide bonds. The van der Waals surface area contributed by atoms with Crippen molar-refractivity contribution >= 4 is 12.0 Å². The van der Waals surface area contributed by atoms with Crippen molar-refractivity contribution in [3.05, 3.63) is 0 Å². The van der Waals surface area contributed by atoms with Crippen molar-refractivity contribution in [2.75, 3.05) is 33.4 Å². The van der Waals surface area contributed by atoms with Gasteiger partial charge in [0.05, 0.1) is 6.61 Å². The van der Waals surface area contributed by atoms with Crippen LogP contribution in [0.2, 0.25) is 0 Å². The maximum absolute atomic E-state index is 12.7. The van der Waals surface area contributed by atoms with Gasteiger partial charge in [0.15, 0.2) is 0 Å². The smallest absolute Gasteiger partial charge is 0.326 e. The number of hydrogen-bond acceptors (Lipinski definition) is 3. The summed E-state index contributed by atoms with van der Waals surface area (Å²) in [6.45, 7) is 6.19. The topological polar surface area (TPSA) is 70.1 Å². The van der Waals surface area contributed by atoms with Crippen LogP contribution < -0.4 is 0 Å². The Bertz CT molecular complexity index is 347. The standard InChI is InChI=1S/C15H28N2O4/c1-12(2)11-16(9-10-21-3)15(20)17-8-6-4-5-7-13(17)14(18)19/h12-13H,4-11H2,1-3H3,(H,18,19). The molecule has 0 bridgehead atoms. The summed E-state index contributed by atoms with van der Waals surface area (Å²) in [7, 11) is 1.60. The number of ether oxygens (including phenoxy) is 1. The van der Waals surface area contributed by atoms with Gasteiger partial charge in [-0.05, 0) is 18.8 Å². The predicted octanol–water partition coefficient (Wildman–Crippen LogP) is 2.04. The SMILES string of the molecule is COCCN(CC(C)C)C(=O)N1CCCCCC1C(=O)O. The average molecular weight is 300 g/mol. The van der Waals surface area contributed by atoms with Gasteiger partial charge in [-0.1, -0.05) is 26.7 Å². The van der Waals surface area contributed by atoms with Crippen LogP contribution in [0.3, 0.4) is 0 Å². The third-order valence-corrected chi connectivity index (χ3v) is 3.70. The van der Waals surface area contributed by atoms with E-state index in [2.05, 4.69) is 0 Å². The highest BCUT2D eigenvalue weighted by atomic mass is 16.5. The number of aliphatic carboxylic acids is 1. The van der Waals surface area contributed by atoms with Gasteiger partial charge in [0.25, 0.3) is 0 Å². The molecule has 1 aliphatic heterocycles. The van der Waals surface area contributed by atoms with Gasteiger partial charge in [-0.2, -0.15) is 0 Å². The van der Waals surface area contributed by atoms with Gasteiger partial charge in [-0.25, -0.2) is 9.59 Å². The Hall–Kier alpha value is -1.30. The van der Waals surface area contributed by atoms with Crippen molar-refractivity contribution in [1.82, 2.24) is 9.80 Å². The molecule has 1 heterocycles. The number of carboxylic acid groups (broad SMARTS) is 1. The first-order chi connectivity index (χ1) is 9.97. The number of amides is 2. The molecule has 0 aromatic carbocycles. The Balaban J connectivity index is 2.83. The van der Waals surface area contributed by atoms with Crippen LogP contribution in [-0.2, 0) is 9.53 Å². The molecule has 0 spiro atoms. The van der Waals surface area contributed by atoms with Crippen molar-refractivity contribution in [2.24, 2.45) is 5.92 Å². The Morgan fingerprint density at radius 3 is 2.62 bits per heavy atom. The summed E-state index contributed by atoms with van der Waals surface area (Å²) in [6.07, 6.45) is 3.26. The first kappa shape index (κ1) is 17.8. The number of likely N-dealkylation sites (tertiary alicyclic amines) is 1. The van der Waals surface area contributed by atoms with Crippen molar-refractivity contribution in [2.45, 2.75) is 45.6 Å². The quantitative estimate of drug-likeness (QED) is 0.815. The summed E-state index contributed by atoms with van der Waals surface area (Å²) < 4.78 is 5.06. The minimum atomic E-state index is -0.901. The summed E-state index contributed by atoms with van der Waals surface area (Å²) in [6, 6.07) is -0.868. The van der Waals surface area contributed by atoms with Gasteiger partial charge in [0.1, 0.15) is 6.04 Å². The normalized spacial score (nSPS) is 19.4. The number of urea groups is 1. The van der Waals surface area contributed by atoms with Crippen LogP contribution in [0.1, 0.15) is 39.5 Å². The predicted molar refractivity (Wildman–Crippen MR) is 80.3 cm³/mol. The van der Waals surface area contributed by atoms with Crippen LogP contribution >= 0.6 is 0 Å². The number of carbonyl (C=O) groups is 2. The number of carbonyl (C=O) groups excluding carboxylic acids is 1. The molecule has 1 fully saturated rings. The monoisotopic (exact) mass is 300 g/mol. The molecular formula is C15H28N2O4. The lowest BCUT2D eigenvalue weighted by molar-refractivity contribution is -0.142. The zero-order valence-corrected chi connectivity index (χ0v) is 13.4. The van der Waals surface area contributed by atoms with E-state index >= 15 is 0 Å². The highest BCUT2D eigenvalue weighted by Crippen LogP contribution is 2.19. The lowest BCUT2D eigenvalue weighted by Gasteiger charge is -2.34. The van der Waals surface area contributed by atoms with E-state index in [9.17, 15) is 14.7 Å². The second kappa shape index (κ2) is 8.87. The summed E-state index contributed by atoms with van der Waals surface area (Å²) in [5.41, 5.74) is 0. The number of nitrogens with zero attached hydrogens (tertiary/aromatic N) is 2. The van der Waals surface area contributed by atoms with Crippen molar-refractivity contribution < 1.29 is 19.4 Å². The lowest BCUT2D eigenvalue weighted by Crippen LogP contribution is -2.52. The van der Waals surface area contributed by atoms with Gasteiger partial charge in [-0.3, -0.25) is 0 Å². The lowest BCUT2D eigenvalue weighted by atomic mass is 10.1. The molecule has 6 nitrogen and oxygen atoms in total. The number of carboxylic acids is 1. The summed E-state index contributed by atoms with van der Waals surface area (Å²) >= 11 is 0. The number of methoxy groups -OCH3 is 1. The molecule has 0 aliphatic carbocycles. The zero-order chi connectivity index (χ0) is 15.8. The third kappa shape index (κ3) is 5.53. The van der Waals surface area contributed by atoms with E-state index in [0.29, 0.717) is 38.6 Å². The van der Waals surface area contributed by atoms with Crippen LogP contribution in [0.4, 0.5) is 4.79 Å². The summed E-state index contributed by atoms with van der Waals surface area (Å²) in [4.78, 5) is 27.4. The van der Waals surface area contributed by atoms with Gasteiger partial charge in [-0.15, -0.1) is 0 Å². The minimum absolute atomic E-state index is 0.171. The van der Waals surface area contributed by atoms with E-state index in [1.165, 1.54) is 4.90 Å². The van der Waals surface area contributed by atoms with E-state index in [0.717, 1.165) is 19.3 Å². The molecule has 1 saturated heterocycles. The molecule has 0 aromatic rings. The Morgan fingerprint density at radius 1 is 1.33 bits per heavy atom. The molecule has 0 aromatic heterocycles. The van der Waals surface area contributed by atoms with Crippen molar-refractivity contribution in [1.29, 1.82) is 0 Å². The molecule has 1 atom stereocenters. The summed E-state index contributed by atoms with van der Waals surface area (Å²) in [5, 5.41) is 9.39. The Labute approximate surface area is 127 Å². The molecule has 1 N–H and O–H groups in total. The maximum atomic E-state index is 12.7. The fraction of sp³-hybridized carbons (Fsp3) is 0.867. The second-order valence-electron chi connectivity index (χ2n) is 6.01. The summed E-state index contributed by atoms with van der Waals surface area (Å²) in [5.74, 6) is -0.567. The van der Waals surface area contributed by atoms with Crippen LogP contribution in [0.5, 0.6) is 0 Å². The number of rotatable bonds is 6. The largest absolute Gasteiger partial charge is 0.480 e. The van der Waals surface area contributed by atoms with Gasteiger partial charge in [0, 0.05) is 26.7 Å². The molecule has 0 radical (unpaired) electrons. The highest BCUT2D eigenvalue weighted by Gasteiger charge is 2.33. The first-order valence-corrected chi connectivity index (χ1v) is 7.74. The van der Waals surface area contributed by atoms with Gasteiger partial charge >= 0.3 is 12.0 Å². The molecule has 1 aliphatic rings. The molecule has 6 heteroatoms. The maximum Gasteiger partial charge on any atom is 0.326 e. The fourth-order valence-corrected chi connectivity index (χ4v) is 2.68. The molecule has 1 unspecified atom stereocenters. The highest BCUT2D eigenvalue weighted by molar-refractivity contribution is 5.82. The number of hydrogen-bond donors (Lipinski definition) is 1. The van der Waals surface area contributed by atoms with E-state index in [-0.39, 0.29) is 6.03 Å². The molecule has 21 heavy (non-hydrogen) atoms.